The second-order valence-corrected chi connectivity index (χ2v) is 4.49. The molecule has 22 heavy (non-hydrogen) atoms. The van der Waals surface area contributed by atoms with E-state index in [0.717, 1.165) is 18.8 Å². The van der Waals surface area contributed by atoms with E-state index in [9.17, 15) is 0 Å². The van der Waals surface area contributed by atoms with Crippen molar-refractivity contribution in [2.24, 2.45) is 4.99 Å². The quantitative estimate of drug-likeness (QED) is 0.626. The predicted octanol–water partition coefficient (Wildman–Crippen LogP) is 1.59. The molecule has 2 rings (SSSR count). The van der Waals surface area contributed by atoms with Crippen LogP contribution in [0.3, 0.4) is 0 Å². The summed E-state index contributed by atoms with van der Waals surface area (Å²) in [7, 11) is 4.95. The predicted molar refractivity (Wildman–Crippen MR) is 86.8 cm³/mol. The molecule has 1 aromatic carbocycles. The summed E-state index contributed by atoms with van der Waals surface area (Å²) < 4.78 is 12.5. The fraction of sp³-hybridized carbons (Fsp3) is 0.333. The first-order valence-corrected chi connectivity index (χ1v) is 6.92. The SMILES string of the molecule is CN=C(NCCn1ccnc1)Nc1ccc(OC)c(OC)c1. The maximum absolute atomic E-state index is 5.29. The molecule has 1 heterocycles. The van der Waals surface area contributed by atoms with Gasteiger partial charge in [0, 0.05) is 44.3 Å². The van der Waals surface area contributed by atoms with Crippen LogP contribution in [0.15, 0.2) is 41.9 Å². The van der Waals surface area contributed by atoms with Crippen LogP contribution in [-0.2, 0) is 6.54 Å². The van der Waals surface area contributed by atoms with Gasteiger partial charge in [0.05, 0.1) is 20.5 Å². The Morgan fingerprint density at radius 3 is 2.73 bits per heavy atom. The molecule has 0 spiro atoms. The summed E-state index contributed by atoms with van der Waals surface area (Å²) in [5.74, 6) is 2.05. The number of methoxy groups -OCH3 is 2. The number of rotatable bonds is 6. The smallest absolute Gasteiger partial charge is 0.195 e. The van der Waals surface area contributed by atoms with Crippen LogP contribution in [0.2, 0.25) is 0 Å². The molecular weight excluding hydrogens is 282 g/mol. The number of hydrogen-bond donors (Lipinski definition) is 2. The van der Waals surface area contributed by atoms with Gasteiger partial charge in [0.1, 0.15) is 0 Å². The van der Waals surface area contributed by atoms with Crippen molar-refractivity contribution >= 4 is 11.6 Å². The van der Waals surface area contributed by atoms with Gasteiger partial charge in [0.25, 0.3) is 0 Å². The number of imidazole rings is 1. The van der Waals surface area contributed by atoms with E-state index in [0.29, 0.717) is 17.5 Å². The Morgan fingerprint density at radius 1 is 1.27 bits per heavy atom. The first-order valence-electron chi connectivity index (χ1n) is 6.92. The molecule has 118 valence electrons. The average Bonchev–Trinajstić information content (AvgIpc) is 3.07. The lowest BCUT2D eigenvalue weighted by Crippen LogP contribution is -2.33. The van der Waals surface area contributed by atoms with Crippen molar-refractivity contribution in [3.63, 3.8) is 0 Å². The molecule has 0 aliphatic carbocycles. The molecule has 0 bridgehead atoms. The topological polar surface area (TPSA) is 72.7 Å². The average molecular weight is 303 g/mol. The molecule has 7 nitrogen and oxygen atoms in total. The van der Waals surface area contributed by atoms with Gasteiger partial charge in [-0.2, -0.15) is 0 Å². The van der Waals surface area contributed by atoms with Crippen molar-refractivity contribution in [2.45, 2.75) is 6.54 Å². The minimum absolute atomic E-state index is 0.668. The molecule has 0 saturated carbocycles. The van der Waals surface area contributed by atoms with Crippen molar-refractivity contribution in [2.75, 3.05) is 33.1 Å². The van der Waals surface area contributed by atoms with Crippen molar-refractivity contribution in [3.05, 3.63) is 36.9 Å². The van der Waals surface area contributed by atoms with Gasteiger partial charge < -0.3 is 24.7 Å². The molecule has 2 N–H and O–H groups in total. The Bertz CT molecular complexity index is 610. The van der Waals surface area contributed by atoms with Gasteiger partial charge in [-0.1, -0.05) is 0 Å². The zero-order valence-corrected chi connectivity index (χ0v) is 13.0. The lowest BCUT2D eigenvalue weighted by molar-refractivity contribution is 0.355. The highest BCUT2D eigenvalue weighted by Gasteiger charge is 2.06. The monoisotopic (exact) mass is 303 g/mol. The van der Waals surface area contributed by atoms with E-state index in [-0.39, 0.29) is 0 Å². The molecule has 0 radical (unpaired) electrons. The molecular formula is C15H21N5O2. The Kier molecular flexibility index (Phi) is 5.65. The Labute approximate surface area is 130 Å². The molecule has 7 heteroatoms. The minimum atomic E-state index is 0.668. The van der Waals surface area contributed by atoms with E-state index in [1.165, 1.54) is 0 Å². The van der Waals surface area contributed by atoms with Crippen LogP contribution in [-0.4, -0.2) is 43.3 Å². The summed E-state index contributed by atoms with van der Waals surface area (Å²) >= 11 is 0. The standard InChI is InChI=1S/C15H21N5O2/c1-16-15(18-7-9-20-8-6-17-11-20)19-12-4-5-13(21-2)14(10-12)22-3/h4-6,8,10-11H,7,9H2,1-3H3,(H2,16,18,19). The Hall–Kier alpha value is -2.70. The van der Waals surface area contributed by atoms with E-state index >= 15 is 0 Å². The fourth-order valence-corrected chi connectivity index (χ4v) is 1.95. The summed E-state index contributed by atoms with van der Waals surface area (Å²) in [5, 5.41) is 6.45. The van der Waals surface area contributed by atoms with Gasteiger partial charge >= 0.3 is 0 Å². The lowest BCUT2D eigenvalue weighted by atomic mass is 10.3. The Balaban J connectivity index is 1.92. The lowest BCUT2D eigenvalue weighted by Gasteiger charge is -2.14. The first-order chi connectivity index (χ1) is 10.8. The molecule has 0 amide bonds. The summed E-state index contributed by atoms with van der Waals surface area (Å²) in [5.41, 5.74) is 0.869. The summed E-state index contributed by atoms with van der Waals surface area (Å²) in [4.78, 5) is 8.20. The second-order valence-electron chi connectivity index (χ2n) is 4.49. The molecule has 2 aromatic rings. The van der Waals surface area contributed by atoms with E-state index in [4.69, 9.17) is 9.47 Å². The Morgan fingerprint density at radius 2 is 2.09 bits per heavy atom. The van der Waals surface area contributed by atoms with Crippen LogP contribution < -0.4 is 20.1 Å². The van der Waals surface area contributed by atoms with Crippen LogP contribution in [0.5, 0.6) is 11.5 Å². The third-order valence-electron chi connectivity index (χ3n) is 3.09. The maximum Gasteiger partial charge on any atom is 0.195 e. The summed E-state index contributed by atoms with van der Waals surface area (Å²) in [6.07, 6.45) is 5.47. The van der Waals surface area contributed by atoms with Crippen LogP contribution in [0.1, 0.15) is 0 Å². The summed E-state index contributed by atoms with van der Waals surface area (Å²) in [6.45, 7) is 1.55. The number of aromatic nitrogens is 2. The zero-order valence-electron chi connectivity index (χ0n) is 13.0. The number of anilines is 1. The number of hydrogen-bond acceptors (Lipinski definition) is 4. The molecule has 0 unspecified atom stereocenters. The fourth-order valence-electron chi connectivity index (χ4n) is 1.95. The normalized spacial score (nSPS) is 11.1. The zero-order chi connectivity index (χ0) is 15.8. The molecule has 0 aliphatic heterocycles. The third-order valence-corrected chi connectivity index (χ3v) is 3.09. The van der Waals surface area contributed by atoms with E-state index < -0.39 is 0 Å². The van der Waals surface area contributed by atoms with Crippen molar-refractivity contribution in [1.29, 1.82) is 0 Å². The van der Waals surface area contributed by atoms with Gasteiger partial charge in [0.15, 0.2) is 17.5 Å². The number of nitrogens with zero attached hydrogens (tertiary/aromatic N) is 3. The van der Waals surface area contributed by atoms with E-state index in [1.807, 2.05) is 29.0 Å². The third kappa shape index (κ3) is 4.15. The number of aliphatic imine (C=N–C) groups is 1. The van der Waals surface area contributed by atoms with Crippen LogP contribution >= 0.6 is 0 Å². The second kappa shape index (κ2) is 7.92. The van der Waals surface area contributed by atoms with Gasteiger partial charge in [-0.25, -0.2) is 4.98 Å². The van der Waals surface area contributed by atoms with E-state index in [1.54, 1.807) is 33.8 Å². The maximum atomic E-state index is 5.29. The number of benzene rings is 1. The minimum Gasteiger partial charge on any atom is -0.493 e. The van der Waals surface area contributed by atoms with Crippen LogP contribution in [0.25, 0.3) is 0 Å². The molecule has 0 aliphatic rings. The van der Waals surface area contributed by atoms with Gasteiger partial charge in [0.2, 0.25) is 0 Å². The molecule has 1 aromatic heterocycles. The highest BCUT2D eigenvalue weighted by atomic mass is 16.5. The van der Waals surface area contributed by atoms with Gasteiger partial charge in [-0.15, -0.1) is 0 Å². The largest absolute Gasteiger partial charge is 0.493 e. The van der Waals surface area contributed by atoms with Crippen molar-refractivity contribution < 1.29 is 9.47 Å². The van der Waals surface area contributed by atoms with Crippen molar-refractivity contribution in [3.8, 4) is 11.5 Å². The number of ether oxygens (including phenoxy) is 2. The molecule has 0 saturated heterocycles. The first kappa shape index (κ1) is 15.7. The summed E-state index contributed by atoms with van der Waals surface area (Å²) in [6, 6.07) is 5.62. The molecule has 0 fully saturated rings. The number of guanidine groups is 1. The van der Waals surface area contributed by atoms with Crippen LogP contribution in [0, 0.1) is 0 Å². The van der Waals surface area contributed by atoms with E-state index in [2.05, 4.69) is 20.6 Å². The van der Waals surface area contributed by atoms with Gasteiger partial charge in [-0.3, -0.25) is 4.99 Å². The number of nitrogens with one attached hydrogen (secondary N) is 2. The van der Waals surface area contributed by atoms with Crippen LogP contribution in [0.4, 0.5) is 5.69 Å². The van der Waals surface area contributed by atoms with Crippen molar-refractivity contribution in [1.82, 2.24) is 14.9 Å². The van der Waals surface area contributed by atoms with Gasteiger partial charge in [-0.05, 0) is 12.1 Å². The molecule has 0 atom stereocenters. The highest BCUT2D eigenvalue weighted by Crippen LogP contribution is 2.29. The highest BCUT2D eigenvalue weighted by molar-refractivity contribution is 5.93.